The van der Waals surface area contributed by atoms with Crippen molar-refractivity contribution in [1.82, 2.24) is 14.5 Å². The van der Waals surface area contributed by atoms with E-state index >= 15 is 0 Å². The highest BCUT2D eigenvalue weighted by atomic mass is 35.5. The van der Waals surface area contributed by atoms with Crippen LogP contribution in [0.4, 0.5) is 0 Å². The Labute approximate surface area is 186 Å². The summed E-state index contributed by atoms with van der Waals surface area (Å²) in [6.45, 7) is 6.04. The Balaban J connectivity index is 1.60. The molecule has 6 nitrogen and oxygen atoms in total. The van der Waals surface area contributed by atoms with Crippen molar-refractivity contribution in [3.05, 3.63) is 28.8 Å². The van der Waals surface area contributed by atoms with Gasteiger partial charge in [0.1, 0.15) is 0 Å². The van der Waals surface area contributed by atoms with Crippen LogP contribution in [0.25, 0.3) is 0 Å². The number of hydrogen-bond donors (Lipinski definition) is 1. The van der Waals surface area contributed by atoms with E-state index in [0.29, 0.717) is 25.7 Å². The quantitative estimate of drug-likeness (QED) is 0.676. The first-order chi connectivity index (χ1) is 14.4. The number of sulfonamides is 1. The monoisotopic (exact) mass is 455 g/mol. The van der Waals surface area contributed by atoms with E-state index in [9.17, 15) is 13.2 Å². The molecule has 1 N–H and O–H groups in total. The molecule has 3 rings (SSSR count). The fourth-order valence-electron chi connectivity index (χ4n) is 4.30. The third kappa shape index (κ3) is 5.96. The zero-order valence-electron chi connectivity index (χ0n) is 17.9. The van der Waals surface area contributed by atoms with Crippen LogP contribution in [0, 0.1) is 0 Å². The lowest BCUT2D eigenvalue weighted by Gasteiger charge is -2.27. The predicted molar refractivity (Wildman–Crippen MR) is 121 cm³/mol. The van der Waals surface area contributed by atoms with Crippen LogP contribution in [0.1, 0.15) is 68.6 Å². The van der Waals surface area contributed by atoms with Crippen LogP contribution in [-0.2, 0) is 10.0 Å². The standard InChI is InChI=1S/C22H34ClN3O3S/c1-18(25-13-5-2-3-6-14-25)11-12-24-22(27)20-17-19(9-10-21(20)23)30(28,29)26-15-7-4-8-16-26/h9-10,17-18H,2-8,11-16H2,1H3,(H,24,27). The lowest BCUT2D eigenvalue weighted by molar-refractivity contribution is 0.0948. The van der Waals surface area contributed by atoms with E-state index in [1.807, 2.05) is 0 Å². The van der Waals surface area contributed by atoms with Crippen LogP contribution >= 0.6 is 11.6 Å². The molecule has 2 fully saturated rings. The SMILES string of the molecule is CC(CCNC(=O)c1cc(S(=O)(=O)N2CCCCC2)ccc1Cl)N1CCCCCC1. The van der Waals surface area contributed by atoms with E-state index in [1.165, 1.54) is 48.2 Å². The number of amides is 1. The van der Waals surface area contributed by atoms with E-state index in [1.54, 1.807) is 0 Å². The zero-order valence-corrected chi connectivity index (χ0v) is 19.5. The van der Waals surface area contributed by atoms with Crippen LogP contribution in [-0.4, -0.2) is 62.3 Å². The summed E-state index contributed by atoms with van der Waals surface area (Å²) in [5, 5.41) is 3.19. The molecular formula is C22H34ClN3O3S. The summed E-state index contributed by atoms with van der Waals surface area (Å²) in [4.78, 5) is 15.4. The van der Waals surface area contributed by atoms with E-state index < -0.39 is 10.0 Å². The van der Waals surface area contributed by atoms with Crippen molar-refractivity contribution in [3.63, 3.8) is 0 Å². The van der Waals surface area contributed by atoms with Crippen molar-refractivity contribution in [2.45, 2.75) is 69.2 Å². The van der Waals surface area contributed by atoms with Crippen molar-refractivity contribution in [2.24, 2.45) is 0 Å². The fraction of sp³-hybridized carbons (Fsp3) is 0.682. The molecule has 30 heavy (non-hydrogen) atoms. The molecule has 0 bridgehead atoms. The average molecular weight is 456 g/mol. The Morgan fingerprint density at radius 1 is 1.03 bits per heavy atom. The van der Waals surface area contributed by atoms with Gasteiger partial charge in [0.25, 0.3) is 5.91 Å². The average Bonchev–Trinajstić information content (AvgIpc) is 3.04. The number of nitrogens with zero attached hydrogens (tertiary/aromatic N) is 2. The third-order valence-corrected chi connectivity index (χ3v) is 8.47. The largest absolute Gasteiger partial charge is 0.352 e. The van der Waals surface area contributed by atoms with Gasteiger partial charge in [0.15, 0.2) is 0 Å². The van der Waals surface area contributed by atoms with Gasteiger partial charge in [-0.1, -0.05) is 30.9 Å². The molecule has 0 aliphatic carbocycles. The number of carbonyl (C=O) groups is 1. The van der Waals surface area contributed by atoms with Gasteiger partial charge in [-0.05, 0) is 70.3 Å². The van der Waals surface area contributed by atoms with Gasteiger partial charge in [-0.2, -0.15) is 4.31 Å². The molecule has 0 aromatic heterocycles. The zero-order chi connectivity index (χ0) is 21.6. The second kappa shape index (κ2) is 10.9. The first kappa shape index (κ1) is 23.5. The number of hydrogen-bond acceptors (Lipinski definition) is 4. The number of piperidine rings is 1. The number of benzene rings is 1. The number of halogens is 1. The number of carbonyl (C=O) groups excluding carboxylic acids is 1. The Morgan fingerprint density at radius 2 is 1.63 bits per heavy atom. The normalized spacial score (nSPS) is 20.5. The summed E-state index contributed by atoms with van der Waals surface area (Å²) >= 11 is 6.23. The molecule has 2 heterocycles. The Bertz CT molecular complexity index is 817. The summed E-state index contributed by atoms with van der Waals surface area (Å²) in [7, 11) is -3.60. The van der Waals surface area contributed by atoms with Crippen LogP contribution < -0.4 is 5.32 Å². The molecule has 1 aromatic carbocycles. The van der Waals surface area contributed by atoms with Crippen LogP contribution in [0.2, 0.25) is 5.02 Å². The first-order valence-electron chi connectivity index (χ1n) is 11.2. The molecule has 1 unspecified atom stereocenters. The molecule has 1 atom stereocenters. The van der Waals surface area contributed by atoms with Crippen LogP contribution in [0.5, 0.6) is 0 Å². The molecule has 2 aliphatic heterocycles. The van der Waals surface area contributed by atoms with Crippen molar-refractivity contribution in [3.8, 4) is 0 Å². The van der Waals surface area contributed by atoms with Gasteiger partial charge in [-0.25, -0.2) is 8.42 Å². The van der Waals surface area contributed by atoms with Gasteiger partial charge in [-0.3, -0.25) is 4.79 Å². The Hall–Kier alpha value is -1.15. The minimum absolute atomic E-state index is 0.136. The molecule has 8 heteroatoms. The molecular weight excluding hydrogens is 422 g/mol. The van der Waals surface area contributed by atoms with Crippen LogP contribution in [0.3, 0.4) is 0 Å². The maximum absolute atomic E-state index is 12.9. The highest BCUT2D eigenvalue weighted by Gasteiger charge is 2.27. The molecule has 0 radical (unpaired) electrons. The Kier molecular flexibility index (Phi) is 8.57. The Morgan fingerprint density at radius 3 is 2.30 bits per heavy atom. The molecule has 2 saturated heterocycles. The topological polar surface area (TPSA) is 69.7 Å². The van der Waals surface area contributed by atoms with E-state index in [-0.39, 0.29) is 21.4 Å². The van der Waals surface area contributed by atoms with Gasteiger partial charge in [0.2, 0.25) is 10.0 Å². The van der Waals surface area contributed by atoms with E-state index in [4.69, 9.17) is 11.6 Å². The second-order valence-corrected chi connectivity index (χ2v) is 10.8. The number of likely N-dealkylation sites (tertiary alicyclic amines) is 1. The molecule has 1 aromatic rings. The summed E-state index contributed by atoms with van der Waals surface area (Å²) in [6.07, 6.45) is 8.73. The van der Waals surface area contributed by atoms with Crippen molar-refractivity contribution >= 4 is 27.5 Å². The minimum Gasteiger partial charge on any atom is -0.352 e. The predicted octanol–water partition coefficient (Wildman–Crippen LogP) is 3.90. The van der Waals surface area contributed by atoms with Crippen molar-refractivity contribution in [2.75, 3.05) is 32.7 Å². The summed E-state index contributed by atoms with van der Waals surface area (Å²) in [5.74, 6) is -0.321. The van der Waals surface area contributed by atoms with Gasteiger partial charge >= 0.3 is 0 Å². The van der Waals surface area contributed by atoms with Crippen molar-refractivity contribution < 1.29 is 13.2 Å². The fourth-order valence-corrected chi connectivity index (χ4v) is 6.05. The summed E-state index contributed by atoms with van der Waals surface area (Å²) in [5.41, 5.74) is 0.220. The van der Waals surface area contributed by atoms with E-state index in [0.717, 1.165) is 38.8 Å². The highest BCUT2D eigenvalue weighted by Crippen LogP contribution is 2.25. The summed E-state index contributed by atoms with van der Waals surface area (Å²) < 4.78 is 27.4. The smallest absolute Gasteiger partial charge is 0.252 e. The second-order valence-electron chi connectivity index (χ2n) is 8.45. The van der Waals surface area contributed by atoms with Crippen LogP contribution in [0.15, 0.2) is 23.1 Å². The summed E-state index contributed by atoms with van der Waals surface area (Å²) in [6, 6.07) is 4.82. The molecule has 1 amide bonds. The molecule has 0 spiro atoms. The number of nitrogens with one attached hydrogen (secondary N) is 1. The lowest BCUT2D eigenvalue weighted by Crippen LogP contribution is -2.37. The lowest BCUT2D eigenvalue weighted by atomic mass is 10.1. The molecule has 168 valence electrons. The van der Waals surface area contributed by atoms with Gasteiger partial charge in [0.05, 0.1) is 15.5 Å². The van der Waals surface area contributed by atoms with Gasteiger partial charge < -0.3 is 10.2 Å². The minimum atomic E-state index is -3.60. The molecule has 2 aliphatic rings. The third-order valence-electron chi connectivity index (χ3n) is 6.25. The highest BCUT2D eigenvalue weighted by molar-refractivity contribution is 7.89. The first-order valence-corrected chi connectivity index (χ1v) is 13.0. The molecule has 0 saturated carbocycles. The maximum atomic E-state index is 12.9. The van der Waals surface area contributed by atoms with Gasteiger partial charge in [-0.15, -0.1) is 0 Å². The maximum Gasteiger partial charge on any atom is 0.252 e. The van der Waals surface area contributed by atoms with Crippen molar-refractivity contribution in [1.29, 1.82) is 0 Å². The van der Waals surface area contributed by atoms with Gasteiger partial charge in [0, 0.05) is 25.7 Å². The number of rotatable bonds is 7. The van der Waals surface area contributed by atoms with E-state index in [2.05, 4.69) is 17.1 Å².